The molecule has 1 aromatic carbocycles. The van der Waals surface area contributed by atoms with Crippen LogP contribution in [0, 0.1) is 0 Å². The zero-order valence-corrected chi connectivity index (χ0v) is 9.86. The van der Waals surface area contributed by atoms with Crippen molar-refractivity contribution in [2.24, 2.45) is 0 Å². The average Bonchev–Trinajstić information content (AvgIpc) is 2.29. The summed E-state index contributed by atoms with van der Waals surface area (Å²) < 4.78 is 0. The molecule has 16 heavy (non-hydrogen) atoms. The van der Waals surface area contributed by atoms with Crippen LogP contribution in [0.1, 0.15) is 12.0 Å². The first-order chi connectivity index (χ1) is 7.61. The van der Waals surface area contributed by atoms with Crippen LogP contribution in [0.15, 0.2) is 24.3 Å². The van der Waals surface area contributed by atoms with Crippen LogP contribution in [0.4, 0.5) is 5.69 Å². The molecule has 0 radical (unpaired) electrons. The van der Waals surface area contributed by atoms with E-state index in [2.05, 4.69) is 10.2 Å². The summed E-state index contributed by atoms with van der Waals surface area (Å²) in [4.78, 5) is 13.2. The molecular weight excluding hydrogens is 202 g/mol. The number of carbonyl (C=O) groups is 1. The Morgan fingerprint density at radius 3 is 2.56 bits per heavy atom. The maximum atomic E-state index is 11.1. The highest BCUT2D eigenvalue weighted by Gasteiger charge is 2.03. The van der Waals surface area contributed by atoms with E-state index in [4.69, 9.17) is 5.73 Å². The molecule has 0 aliphatic carbocycles. The minimum absolute atomic E-state index is 0.0733. The zero-order valence-electron chi connectivity index (χ0n) is 9.86. The summed E-state index contributed by atoms with van der Waals surface area (Å²) >= 11 is 0. The van der Waals surface area contributed by atoms with Gasteiger partial charge in [0, 0.05) is 32.2 Å². The van der Waals surface area contributed by atoms with Gasteiger partial charge in [-0.05, 0) is 24.7 Å². The van der Waals surface area contributed by atoms with Crippen molar-refractivity contribution in [3.63, 3.8) is 0 Å². The van der Waals surface area contributed by atoms with E-state index < -0.39 is 0 Å². The van der Waals surface area contributed by atoms with Gasteiger partial charge >= 0.3 is 0 Å². The predicted molar refractivity (Wildman–Crippen MR) is 65.9 cm³/mol. The van der Waals surface area contributed by atoms with Crippen molar-refractivity contribution in [1.29, 1.82) is 0 Å². The molecule has 1 amide bonds. The van der Waals surface area contributed by atoms with Crippen LogP contribution in [0.2, 0.25) is 0 Å². The Morgan fingerprint density at radius 1 is 1.38 bits per heavy atom. The lowest BCUT2D eigenvalue weighted by Gasteiger charge is -2.16. The molecule has 88 valence electrons. The molecule has 4 nitrogen and oxygen atoms in total. The van der Waals surface area contributed by atoms with Crippen molar-refractivity contribution >= 4 is 11.6 Å². The van der Waals surface area contributed by atoms with E-state index in [1.54, 1.807) is 7.05 Å². The molecule has 1 rings (SSSR count). The molecular formula is C12H19N3O. The SMILES string of the molecule is CNC(=O)CCN(C)Cc1ccc(N)cc1. The molecule has 0 atom stereocenters. The van der Waals surface area contributed by atoms with E-state index in [0.717, 1.165) is 18.8 Å². The molecule has 1 aromatic rings. The Hall–Kier alpha value is -1.55. The fourth-order valence-corrected chi connectivity index (χ4v) is 1.43. The van der Waals surface area contributed by atoms with Gasteiger partial charge in [0.15, 0.2) is 0 Å². The fourth-order valence-electron chi connectivity index (χ4n) is 1.43. The van der Waals surface area contributed by atoms with Crippen LogP contribution in [-0.2, 0) is 11.3 Å². The van der Waals surface area contributed by atoms with E-state index >= 15 is 0 Å². The molecule has 0 spiro atoms. The number of benzene rings is 1. The van der Waals surface area contributed by atoms with Crippen LogP contribution in [0.3, 0.4) is 0 Å². The molecule has 0 aromatic heterocycles. The maximum absolute atomic E-state index is 11.1. The van der Waals surface area contributed by atoms with E-state index in [1.807, 2.05) is 31.3 Å². The van der Waals surface area contributed by atoms with Crippen molar-refractivity contribution < 1.29 is 4.79 Å². The lowest BCUT2D eigenvalue weighted by Crippen LogP contribution is -2.26. The second-order valence-electron chi connectivity index (χ2n) is 3.90. The molecule has 0 aliphatic rings. The topological polar surface area (TPSA) is 58.4 Å². The number of amides is 1. The largest absolute Gasteiger partial charge is 0.399 e. The van der Waals surface area contributed by atoms with Crippen molar-refractivity contribution in [3.05, 3.63) is 29.8 Å². The van der Waals surface area contributed by atoms with Gasteiger partial charge in [0.2, 0.25) is 5.91 Å². The van der Waals surface area contributed by atoms with Crippen molar-refractivity contribution in [2.75, 3.05) is 26.4 Å². The normalized spacial score (nSPS) is 10.4. The standard InChI is InChI=1S/C12H19N3O/c1-14-12(16)7-8-15(2)9-10-3-5-11(13)6-4-10/h3-6H,7-9,13H2,1-2H3,(H,14,16). The number of hydrogen-bond donors (Lipinski definition) is 2. The first-order valence-corrected chi connectivity index (χ1v) is 5.35. The molecule has 0 heterocycles. The van der Waals surface area contributed by atoms with Crippen LogP contribution in [-0.4, -0.2) is 31.4 Å². The fraction of sp³-hybridized carbons (Fsp3) is 0.417. The summed E-state index contributed by atoms with van der Waals surface area (Å²) in [6, 6.07) is 7.79. The number of carbonyl (C=O) groups excluding carboxylic acids is 1. The summed E-state index contributed by atoms with van der Waals surface area (Å²) in [6.07, 6.45) is 0.530. The highest BCUT2D eigenvalue weighted by atomic mass is 16.1. The quantitative estimate of drug-likeness (QED) is 0.724. The molecule has 0 fully saturated rings. The average molecular weight is 221 g/mol. The lowest BCUT2D eigenvalue weighted by atomic mass is 10.2. The smallest absolute Gasteiger partial charge is 0.221 e. The van der Waals surface area contributed by atoms with Gasteiger partial charge < -0.3 is 16.0 Å². The van der Waals surface area contributed by atoms with Gasteiger partial charge in [0.25, 0.3) is 0 Å². The Labute approximate surface area is 96.4 Å². The van der Waals surface area contributed by atoms with Crippen LogP contribution < -0.4 is 11.1 Å². The van der Waals surface area contributed by atoms with Gasteiger partial charge in [-0.1, -0.05) is 12.1 Å². The van der Waals surface area contributed by atoms with Crippen LogP contribution in [0.25, 0.3) is 0 Å². The molecule has 0 unspecified atom stereocenters. The summed E-state index contributed by atoms with van der Waals surface area (Å²) in [5, 5.41) is 2.61. The lowest BCUT2D eigenvalue weighted by molar-refractivity contribution is -0.120. The number of anilines is 1. The predicted octanol–water partition coefficient (Wildman–Crippen LogP) is 0.837. The monoisotopic (exact) mass is 221 g/mol. The summed E-state index contributed by atoms with van der Waals surface area (Å²) in [5.41, 5.74) is 7.58. The third-order valence-electron chi connectivity index (χ3n) is 2.43. The van der Waals surface area contributed by atoms with Crippen LogP contribution >= 0.6 is 0 Å². The second kappa shape index (κ2) is 6.12. The van der Waals surface area contributed by atoms with Gasteiger partial charge in [-0.15, -0.1) is 0 Å². The van der Waals surface area contributed by atoms with Gasteiger partial charge in [0.05, 0.1) is 0 Å². The van der Waals surface area contributed by atoms with Gasteiger partial charge in [-0.25, -0.2) is 0 Å². The highest BCUT2D eigenvalue weighted by molar-refractivity contribution is 5.75. The molecule has 0 bridgehead atoms. The van der Waals surface area contributed by atoms with E-state index in [0.29, 0.717) is 6.42 Å². The first-order valence-electron chi connectivity index (χ1n) is 5.35. The number of nitrogens with zero attached hydrogens (tertiary/aromatic N) is 1. The molecule has 3 N–H and O–H groups in total. The first kappa shape index (κ1) is 12.5. The van der Waals surface area contributed by atoms with Gasteiger partial charge in [-0.3, -0.25) is 4.79 Å². The number of rotatable bonds is 5. The third kappa shape index (κ3) is 4.31. The van der Waals surface area contributed by atoms with Gasteiger partial charge in [0.1, 0.15) is 0 Å². The highest BCUT2D eigenvalue weighted by Crippen LogP contribution is 2.07. The molecule has 0 saturated carbocycles. The minimum Gasteiger partial charge on any atom is -0.399 e. The van der Waals surface area contributed by atoms with Crippen LogP contribution in [0.5, 0.6) is 0 Å². The third-order valence-corrected chi connectivity index (χ3v) is 2.43. The Bertz CT molecular complexity index is 335. The van der Waals surface area contributed by atoms with E-state index in [-0.39, 0.29) is 5.91 Å². The van der Waals surface area contributed by atoms with Crippen molar-refractivity contribution in [1.82, 2.24) is 10.2 Å². The molecule has 4 heteroatoms. The van der Waals surface area contributed by atoms with Crippen molar-refractivity contribution in [3.8, 4) is 0 Å². The molecule has 0 aliphatic heterocycles. The number of hydrogen-bond acceptors (Lipinski definition) is 3. The number of nitrogens with two attached hydrogens (primary N) is 1. The zero-order chi connectivity index (χ0) is 12.0. The van der Waals surface area contributed by atoms with Gasteiger partial charge in [-0.2, -0.15) is 0 Å². The second-order valence-corrected chi connectivity index (χ2v) is 3.90. The maximum Gasteiger partial charge on any atom is 0.221 e. The van der Waals surface area contributed by atoms with E-state index in [9.17, 15) is 4.79 Å². The Morgan fingerprint density at radius 2 is 2.00 bits per heavy atom. The summed E-state index contributed by atoms with van der Waals surface area (Å²) in [5.74, 6) is 0.0733. The molecule has 0 saturated heterocycles. The Balaban J connectivity index is 2.36. The minimum atomic E-state index is 0.0733. The summed E-state index contributed by atoms with van der Waals surface area (Å²) in [6.45, 7) is 1.58. The van der Waals surface area contributed by atoms with Crippen molar-refractivity contribution in [2.45, 2.75) is 13.0 Å². The number of nitrogen functional groups attached to an aromatic ring is 1. The summed E-state index contributed by atoms with van der Waals surface area (Å²) in [7, 11) is 3.65. The van der Waals surface area contributed by atoms with E-state index in [1.165, 1.54) is 5.56 Å². The Kier molecular flexibility index (Phi) is 4.79. The number of nitrogens with one attached hydrogen (secondary N) is 1.